The molecule has 2 N–H and O–H groups in total. The van der Waals surface area contributed by atoms with Gasteiger partial charge >= 0.3 is 5.97 Å². The first-order valence-corrected chi connectivity index (χ1v) is 10.2. The van der Waals surface area contributed by atoms with Crippen LogP contribution in [0.25, 0.3) is 0 Å². The first-order chi connectivity index (χ1) is 13.9. The molecule has 1 aliphatic rings. The predicted molar refractivity (Wildman–Crippen MR) is 103 cm³/mol. The third-order valence-electron chi connectivity index (χ3n) is 4.23. The van der Waals surface area contributed by atoms with Crippen molar-refractivity contribution in [1.29, 1.82) is 0 Å². The number of carbonyl (C=O) groups is 1. The monoisotopic (exact) mass is 415 g/mol. The van der Waals surface area contributed by atoms with E-state index in [1.54, 1.807) is 0 Å². The lowest BCUT2D eigenvalue weighted by atomic mass is 10.1. The second-order valence-electron chi connectivity index (χ2n) is 6.32. The van der Waals surface area contributed by atoms with Gasteiger partial charge in [0.05, 0.1) is 18.4 Å². The van der Waals surface area contributed by atoms with Gasteiger partial charge in [-0.25, -0.2) is 13.2 Å². The minimum atomic E-state index is -3.98. The molecule has 9 nitrogen and oxygen atoms in total. The van der Waals surface area contributed by atoms with Crippen LogP contribution in [0.5, 0.6) is 11.5 Å². The van der Waals surface area contributed by atoms with Crippen molar-refractivity contribution in [3.63, 3.8) is 0 Å². The molecule has 2 heterocycles. The van der Waals surface area contributed by atoms with Crippen molar-refractivity contribution in [1.82, 2.24) is 9.78 Å². The molecule has 0 unspecified atom stereocenters. The van der Waals surface area contributed by atoms with Crippen LogP contribution < -0.4 is 14.2 Å². The van der Waals surface area contributed by atoms with Gasteiger partial charge in [-0.05, 0) is 11.6 Å². The summed E-state index contributed by atoms with van der Waals surface area (Å²) in [7, 11) is -3.98. The second-order valence-corrected chi connectivity index (χ2v) is 8.00. The molecule has 4 rings (SSSR count). The molecule has 10 heteroatoms. The first kappa shape index (κ1) is 18.8. The zero-order chi connectivity index (χ0) is 20.4. The number of aromatic carboxylic acids is 1. The van der Waals surface area contributed by atoms with Crippen LogP contribution in [-0.4, -0.2) is 42.5 Å². The topological polar surface area (TPSA) is 120 Å². The third-order valence-corrected chi connectivity index (χ3v) is 5.57. The molecule has 2 aromatic carbocycles. The smallest absolute Gasteiger partial charge is 0.339 e. The van der Waals surface area contributed by atoms with Crippen molar-refractivity contribution in [2.45, 2.75) is 11.4 Å². The molecular weight excluding hydrogens is 398 g/mol. The minimum Gasteiger partial charge on any atom is -0.486 e. The number of nitrogens with zero attached hydrogens (tertiary/aromatic N) is 2. The molecule has 29 heavy (non-hydrogen) atoms. The van der Waals surface area contributed by atoms with E-state index >= 15 is 0 Å². The molecule has 1 aliphatic heterocycles. The van der Waals surface area contributed by atoms with E-state index in [9.17, 15) is 18.3 Å². The summed E-state index contributed by atoms with van der Waals surface area (Å²) in [6.45, 7) is 0.886. The number of carboxylic acid groups (broad SMARTS) is 1. The lowest BCUT2D eigenvalue weighted by Crippen LogP contribution is -2.19. The number of fused-ring (bicyclic) bond motifs is 1. The van der Waals surface area contributed by atoms with Crippen molar-refractivity contribution < 1.29 is 27.8 Å². The van der Waals surface area contributed by atoms with E-state index in [1.165, 1.54) is 29.2 Å². The molecular formula is C19H17N3O6S. The van der Waals surface area contributed by atoms with Gasteiger partial charge in [0.25, 0.3) is 10.0 Å². The fourth-order valence-corrected chi connectivity index (χ4v) is 3.92. The van der Waals surface area contributed by atoms with Crippen molar-refractivity contribution >= 4 is 21.7 Å². The second kappa shape index (κ2) is 7.47. The number of rotatable bonds is 6. The van der Waals surface area contributed by atoms with E-state index in [0.717, 1.165) is 5.56 Å². The maximum Gasteiger partial charge on any atom is 0.339 e. The Labute approximate surface area is 166 Å². The zero-order valence-corrected chi connectivity index (χ0v) is 15.9. The molecule has 150 valence electrons. The van der Waals surface area contributed by atoms with Crippen molar-refractivity contribution in [2.75, 3.05) is 17.9 Å². The summed E-state index contributed by atoms with van der Waals surface area (Å²) in [5, 5.41) is 13.5. The minimum absolute atomic E-state index is 0.0415. The molecule has 3 aromatic rings. The molecule has 0 amide bonds. The lowest BCUT2D eigenvalue weighted by Gasteiger charge is -2.21. The summed E-state index contributed by atoms with van der Waals surface area (Å²) >= 11 is 0. The molecule has 0 saturated heterocycles. The summed E-state index contributed by atoms with van der Waals surface area (Å²) in [4.78, 5) is 11.5. The van der Waals surface area contributed by atoms with Gasteiger partial charge in [-0.1, -0.05) is 30.3 Å². The fourth-order valence-electron chi connectivity index (χ4n) is 2.93. The highest BCUT2D eigenvalue weighted by Crippen LogP contribution is 2.37. The molecule has 1 aromatic heterocycles. The molecule has 0 bridgehead atoms. The average Bonchev–Trinajstić information content (AvgIpc) is 3.17. The Hall–Kier alpha value is -3.53. The number of sulfonamides is 1. The van der Waals surface area contributed by atoms with Gasteiger partial charge in [0.1, 0.15) is 23.7 Å². The molecule has 0 aliphatic carbocycles. The normalized spacial score (nSPS) is 13.1. The van der Waals surface area contributed by atoms with Crippen LogP contribution in [0.4, 0.5) is 5.69 Å². The number of benzene rings is 2. The summed E-state index contributed by atoms with van der Waals surface area (Å²) in [5.74, 6) is -0.987. The summed E-state index contributed by atoms with van der Waals surface area (Å²) in [6, 6.07) is 12.1. The SMILES string of the molecule is O=C(O)c1cc(NS(=O)(=O)c2cnn(Cc3ccccc3)c2)cc2c1OCCO2. The zero-order valence-electron chi connectivity index (χ0n) is 15.1. The predicted octanol–water partition coefficient (Wildman–Crippen LogP) is 2.20. The van der Waals surface area contributed by atoms with Crippen LogP contribution in [0.1, 0.15) is 15.9 Å². The Morgan fingerprint density at radius 3 is 2.69 bits per heavy atom. The van der Waals surface area contributed by atoms with E-state index in [-0.39, 0.29) is 40.9 Å². The highest BCUT2D eigenvalue weighted by Gasteiger charge is 2.24. The average molecular weight is 415 g/mol. The number of ether oxygens (including phenoxy) is 2. The van der Waals surface area contributed by atoms with Crippen LogP contribution in [0, 0.1) is 0 Å². The number of aromatic nitrogens is 2. The van der Waals surface area contributed by atoms with Crippen LogP contribution in [0.3, 0.4) is 0 Å². The number of hydrogen-bond donors (Lipinski definition) is 2. The van der Waals surface area contributed by atoms with Gasteiger partial charge in [-0.15, -0.1) is 0 Å². The molecule has 0 atom stereocenters. The van der Waals surface area contributed by atoms with E-state index in [0.29, 0.717) is 6.54 Å². The first-order valence-electron chi connectivity index (χ1n) is 8.68. The Balaban J connectivity index is 1.59. The molecule has 0 radical (unpaired) electrons. The Kier molecular flexibility index (Phi) is 4.85. The molecule has 0 spiro atoms. The van der Waals surface area contributed by atoms with E-state index < -0.39 is 16.0 Å². The van der Waals surface area contributed by atoms with Gasteiger partial charge in [0.2, 0.25) is 0 Å². The summed E-state index contributed by atoms with van der Waals surface area (Å²) in [6.07, 6.45) is 2.65. The standard InChI is InChI=1S/C19H17N3O6S/c23-19(24)16-8-14(9-17-18(16)28-7-6-27-17)21-29(25,26)15-10-20-22(12-15)11-13-4-2-1-3-5-13/h1-5,8-10,12,21H,6-7,11H2,(H,23,24). The van der Waals surface area contributed by atoms with Gasteiger partial charge in [-0.2, -0.15) is 5.10 Å². The van der Waals surface area contributed by atoms with Crippen LogP contribution in [-0.2, 0) is 16.6 Å². The number of hydrogen-bond acceptors (Lipinski definition) is 6. The van der Waals surface area contributed by atoms with Gasteiger partial charge < -0.3 is 14.6 Å². The molecule has 0 saturated carbocycles. The number of carboxylic acids is 1. The fraction of sp³-hybridized carbons (Fsp3) is 0.158. The van der Waals surface area contributed by atoms with Crippen molar-refractivity contribution in [3.8, 4) is 11.5 Å². The third kappa shape index (κ3) is 4.02. The Morgan fingerprint density at radius 2 is 1.93 bits per heavy atom. The van der Waals surface area contributed by atoms with Crippen molar-refractivity contribution in [3.05, 3.63) is 66.0 Å². The highest BCUT2D eigenvalue weighted by molar-refractivity contribution is 7.92. The van der Waals surface area contributed by atoms with E-state index in [4.69, 9.17) is 9.47 Å². The Morgan fingerprint density at radius 1 is 1.17 bits per heavy atom. The number of nitrogens with one attached hydrogen (secondary N) is 1. The van der Waals surface area contributed by atoms with E-state index in [1.807, 2.05) is 30.3 Å². The maximum atomic E-state index is 12.7. The van der Waals surface area contributed by atoms with Crippen LogP contribution in [0.2, 0.25) is 0 Å². The largest absolute Gasteiger partial charge is 0.486 e. The Bertz CT molecular complexity index is 1160. The lowest BCUT2D eigenvalue weighted by molar-refractivity contribution is 0.0686. The summed E-state index contributed by atoms with van der Waals surface area (Å²) in [5.41, 5.74) is 0.854. The molecule has 0 fully saturated rings. The summed E-state index contributed by atoms with van der Waals surface area (Å²) < 4.78 is 40.1. The number of anilines is 1. The van der Waals surface area contributed by atoms with E-state index in [2.05, 4.69) is 9.82 Å². The van der Waals surface area contributed by atoms with Gasteiger partial charge in [-0.3, -0.25) is 9.40 Å². The van der Waals surface area contributed by atoms with Crippen LogP contribution in [0.15, 0.2) is 59.8 Å². The quantitative estimate of drug-likeness (QED) is 0.633. The van der Waals surface area contributed by atoms with Gasteiger partial charge in [0, 0.05) is 12.3 Å². The van der Waals surface area contributed by atoms with Crippen molar-refractivity contribution in [2.24, 2.45) is 0 Å². The van der Waals surface area contributed by atoms with Gasteiger partial charge in [0.15, 0.2) is 11.5 Å². The highest BCUT2D eigenvalue weighted by atomic mass is 32.2. The maximum absolute atomic E-state index is 12.7. The van der Waals surface area contributed by atoms with Crippen LogP contribution >= 0.6 is 0 Å².